The zero-order chi connectivity index (χ0) is 25.5. The van der Waals surface area contributed by atoms with Crippen molar-refractivity contribution in [1.29, 1.82) is 0 Å². The van der Waals surface area contributed by atoms with Gasteiger partial charge in [-0.1, -0.05) is 29.3 Å². The van der Waals surface area contributed by atoms with E-state index in [9.17, 15) is 4.79 Å². The van der Waals surface area contributed by atoms with Crippen LogP contribution in [0.5, 0.6) is 5.75 Å². The number of carbonyl (C=O) groups excluding carboxylic acids is 1. The molecule has 1 aliphatic rings. The summed E-state index contributed by atoms with van der Waals surface area (Å²) in [5.41, 5.74) is 13.6. The van der Waals surface area contributed by atoms with Crippen molar-refractivity contribution in [1.82, 2.24) is 15.2 Å². The maximum atomic E-state index is 12.4. The van der Waals surface area contributed by atoms with Crippen LogP contribution in [-0.2, 0) is 11.3 Å². The Bertz CT molecular complexity index is 1210. The number of hydrogen-bond acceptors (Lipinski definition) is 6. The smallest absolute Gasteiger partial charge is 0.223 e. The van der Waals surface area contributed by atoms with Gasteiger partial charge in [0.2, 0.25) is 11.0 Å². The number of amides is 1. The molecule has 190 valence electrons. The first kappa shape index (κ1) is 26.2. The van der Waals surface area contributed by atoms with Gasteiger partial charge in [0.05, 0.1) is 28.8 Å². The molecule has 0 aliphatic carbocycles. The topological polar surface area (TPSA) is 119 Å². The Morgan fingerprint density at radius 1 is 1.14 bits per heavy atom. The van der Waals surface area contributed by atoms with E-state index in [1.165, 1.54) is 11.3 Å². The van der Waals surface area contributed by atoms with Crippen LogP contribution in [0.1, 0.15) is 24.8 Å². The minimum absolute atomic E-state index is 0.00397. The van der Waals surface area contributed by atoms with Crippen LogP contribution in [0, 0.1) is 0 Å². The van der Waals surface area contributed by atoms with Crippen molar-refractivity contribution in [3.05, 3.63) is 63.5 Å². The van der Waals surface area contributed by atoms with Crippen molar-refractivity contribution in [2.45, 2.75) is 31.8 Å². The number of nitrogens with two attached hydrogens (primary N) is 2. The van der Waals surface area contributed by atoms with Crippen molar-refractivity contribution >= 4 is 51.5 Å². The standard InChI is InChI=1S/C25H28Cl2N6O2S/c26-20-6-1-16(13-21(20)27)14-33-10-7-18(8-11-33)30-23(34)9-12-35-19-4-2-17(3-5-19)22-15-36-25(31-22)32-24(28)29/h1-6,13,15,18H,7-12,14H2,(H,30,34)(H4,28,29,31,32). The first-order chi connectivity index (χ1) is 17.4. The van der Waals surface area contributed by atoms with Crippen molar-refractivity contribution in [3.63, 3.8) is 0 Å². The maximum Gasteiger partial charge on any atom is 0.223 e. The monoisotopic (exact) mass is 546 g/mol. The number of nitrogens with zero attached hydrogens (tertiary/aromatic N) is 3. The van der Waals surface area contributed by atoms with E-state index in [0.29, 0.717) is 34.0 Å². The first-order valence-corrected chi connectivity index (χ1v) is 13.2. The predicted molar refractivity (Wildman–Crippen MR) is 146 cm³/mol. The third kappa shape index (κ3) is 7.57. The molecular weight excluding hydrogens is 519 g/mol. The number of thiazole rings is 1. The van der Waals surface area contributed by atoms with E-state index in [4.69, 9.17) is 39.4 Å². The molecule has 8 nitrogen and oxygen atoms in total. The molecule has 1 fully saturated rings. The second kappa shape index (κ2) is 12.4. The van der Waals surface area contributed by atoms with Crippen LogP contribution in [-0.4, -0.2) is 47.5 Å². The number of hydrogen-bond donors (Lipinski definition) is 3. The molecule has 3 aromatic rings. The molecule has 5 N–H and O–H groups in total. The summed E-state index contributed by atoms with van der Waals surface area (Å²) in [7, 11) is 0. The van der Waals surface area contributed by atoms with E-state index in [1.807, 2.05) is 47.8 Å². The first-order valence-electron chi connectivity index (χ1n) is 11.6. The summed E-state index contributed by atoms with van der Waals surface area (Å²) in [4.78, 5) is 23.1. The van der Waals surface area contributed by atoms with Gasteiger partial charge < -0.3 is 21.5 Å². The molecule has 0 radical (unpaired) electrons. The molecule has 1 saturated heterocycles. The lowest BCUT2D eigenvalue weighted by molar-refractivity contribution is -0.122. The number of guanidine groups is 1. The Morgan fingerprint density at radius 2 is 1.89 bits per heavy atom. The Labute approximate surface area is 224 Å². The quantitative estimate of drug-likeness (QED) is 0.267. The summed E-state index contributed by atoms with van der Waals surface area (Å²) in [5.74, 6) is 0.681. The molecule has 11 heteroatoms. The van der Waals surface area contributed by atoms with Gasteiger partial charge in [0.25, 0.3) is 0 Å². The highest BCUT2D eigenvalue weighted by molar-refractivity contribution is 7.13. The van der Waals surface area contributed by atoms with Crippen LogP contribution in [0.4, 0.5) is 5.13 Å². The number of rotatable bonds is 9. The normalized spacial score (nSPS) is 14.4. The number of likely N-dealkylation sites (tertiary alicyclic amines) is 1. The molecular formula is C25H28Cl2N6O2S. The van der Waals surface area contributed by atoms with Crippen LogP contribution < -0.4 is 21.5 Å². The molecule has 1 aromatic heterocycles. The lowest BCUT2D eigenvalue weighted by Crippen LogP contribution is -2.44. The number of halogens is 2. The Hall–Kier alpha value is -2.85. The van der Waals surface area contributed by atoms with Gasteiger partial charge in [-0.25, -0.2) is 4.98 Å². The van der Waals surface area contributed by atoms with Crippen LogP contribution in [0.2, 0.25) is 10.0 Å². The average Bonchev–Trinajstić information content (AvgIpc) is 3.31. The summed E-state index contributed by atoms with van der Waals surface area (Å²) in [6, 6.07) is 13.5. The van der Waals surface area contributed by atoms with Crippen molar-refractivity contribution in [2.75, 3.05) is 19.7 Å². The number of aliphatic imine (C=N–C) groups is 1. The number of nitrogens with one attached hydrogen (secondary N) is 1. The number of carbonyl (C=O) groups is 1. The number of ether oxygens (including phenoxy) is 1. The zero-order valence-corrected chi connectivity index (χ0v) is 22.0. The lowest BCUT2D eigenvalue weighted by Gasteiger charge is -2.32. The summed E-state index contributed by atoms with van der Waals surface area (Å²) >= 11 is 13.5. The summed E-state index contributed by atoms with van der Waals surface area (Å²) in [6.07, 6.45) is 2.13. The SMILES string of the molecule is NC(N)=Nc1nc(-c2ccc(OCCC(=O)NC3CCN(Cc4ccc(Cl)c(Cl)c4)CC3)cc2)cs1. The van der Waals surface area contributed by atoms with Crippen LogP contribution >= 0.6 is 34.5 Å². The van der Waals surface area contributed by atoms with E-state index < -0.39 is 0 Å². The fraction of sp³-hybridized carbons (Fsp3) is 0.320. The summed E-state index contributed by atoms with van der Waals surface area (Å²) in [5, 5.41) is 6.67. The summed E-state index contributed by atoms with van der Waals surface area (Å²) in [6.45, 7) is 2.97. The van der Waals surface area contributed by atoms with Crippen LogP contribution in [0.15, 0.2) is 52.8 Å². The Kier molecular flexibility index (Phi) is 9.03. The Balaban J connectivity index is 1.15. The second-order valence-corrected chi connectivity index (χ2v) is 10.2. The van der Waals surface area contributed by atoms with E-state index in [0.717, 1.165) is 49.3 Å². The largest absolute Gasteiger partial charge is 0.493 e. The van der Waals surface area contributed by atoms with Gasteiger partial charge in [-0.05, 0) is 54.8 Å². The van der Waals surface area contributed by atoms with Gasteiger partial charge in [-0.3, -0.25) is 9.69 Å². The molecule has 0 atom stereocenters. The highest BCUT2D eigenvalue weighted by atomic mass is 35.5. The minimum atomic E-state index is -0.0194. The van der Waals surface area contributed by atoms with E-state index >= 15 is 0 Å². The average molecular weight is 548 g/mol. The lowest BCUT2D eigenvalue weighted by atomic mass is 10.0. The number of aromatic nitrogens is 1. The molecule has 0 spiro atoms. The molecule has 0 saturated carbocycles. The van der Waals surface area contributed by atoms with Crippen molar-refractivity contribution < 1.29 is 9.53 Å². The molecule has 2 heterocycles. The van der Waals surface area contributed by atoms with Gasteiger partial charge in [0.1, 0.15) is 5.75 Å². The van der Waals surface area contributed by atoms with E-state index in [1.54, 1.807) is 0 Å². The second-order valence-electron chi connectivity index (χ2n) is 8.54. The van der Waals surface area contributed by atoms with Gasteiger partial charge in [-0.15, -0.1) is 11.3 Å². The third-order valence-corrected chi connectivity index (χ3v) is 7.28. The van der Waals surface area contributed by atoms with Gasteiger partial charge in [0.15, 0.2) is 5.96 Å². The fourth-order valence-corrected chi connectivity index (χ4v) is 5.01. The van der Waals surface area contributed by atoms with Gasteiger partial charge >= 0.3 is 0 Å². The van der Waals surface area contributed by atoms with E-state index in [2.05, 4.69) is 20.2 Å². The molecule has 1 aliphatic heterocycles. The van der Waals surface area contributed by atoms with E-state index in [-0.39, 0.29) is 17.9 Å². The number of benzene rings is 2. The fourth-order valence-electron chi connectivity index (χ4n) is 3.97. The summed E-state index contributed by atoms with van der Waals surface area (Å²) < 4.78 is 5.75. The highest BCUT2D eigenvalue weighted by Crippen LogP contribution is 2.28. The van der Waals surface area contributed by atoms with Gasteiger partial charge in [0, 0.05) is 36.6 Å². The minimum Gasteiger partial charge on any atom is -0.493 e. The molecule has 0 unspecified atom stereocenters. The molecule has 1 amide bonds. The number of piperidine rings is 1. The zero-order valence-electron chi connectivity index (χ0n) is 19.6. The molecule has 0 bridgehead atoms. The van der Waals surface area contributed by atoms with Crippen molar-refractivity contribution in [3.8, 4) is 17.0 Å². The van der Waals surface area contributed by atoms with Crippen LogP contribution in [0.3, 0.4) is 0 Å². The van der Waals surface area contributed by atoms with Crippen molar-refractivity contribution in [2.24, 2.45) is 16.5 Å². The highest BCUT2D eigenvalue weighted by Gasteiger charge is 2.21. The third-order valence-electron chi connectivity index (χ3n) is 5.81. The predicted octanol–water partition coefficient (Wildman–Crippen LogP) is 4.57. The molecule has 4 rings (SSSR count). The van der Waals surface area contributed by atoms with Crippen LogP contribution in [0.25, 0.3) is 11.3 Å². The van der Waals surface area contributed by atoms with Gasteiger partial charge in [-0.2, -0.15) is 4.99 Å². The Morgan fingerprint density at radius 3 is 2.58 bits per heavy atom. The molecule has 2 aromatic carbocycles. The molecule has 36 heavy (non-hydrogen) atoms. The maximum absolute atomic E-state index is 12.4.